The molecule has 160 valence electrons. The van der Waals surface area contributed by atoms with Crippen molar-refractivity contribution in [2.45, 2.75) is 39.2 Å². The Morgan fingerprint density at radius 3 is 2.83 bits per heavy atom. The third-order valence-electron chi connectivity index (χ3n) is 5.48. The number of amides is 1. The van der Waals surface area contributed by atoms with E-state index in [1.165, 1.54) is 11.1 Å². The number of nitrogens with one attached hydrogen (secondary N) is 2. The minimum absolute atomic E-state index is 0.0359. The van der Waals surface area contributed by atoms with Gasteiger partial charge in [-0.1, -0.05) is 35.9 Å². The number of methoxy groups -OCH3 is 1. The number of guanidine groups is 1. The van der Waals surface area contributed by atoms with Gasteiger partial charge in [-0.2, -0.15) is 0 Å². The Balaban J connectivity index is 1.47. The molecule has 0 bridgehead atoms. The van der Waals surface area contributed by atoms with E-state index < -0.39 is 0 Å². The van der Waals surface area contributed by atoms with Crippen LogP contribution in [0.1, 0.15) is 42.5 Å². The van der Waals surface area contributed by atoms with Crippen molar-refractivity contribution in [2.24, 2.45) is 4.99 Å². The van der Waals surface area contributed by atoms with E-state index in [0.717, 1.165) is 36.4 Å². The van der Waals surface area contributed by atoms with Gasteiger partial charge in [-0.05, 0) is 44.4 Å². The number of hydrogen-bond acceptors (Lipinski definition) is 3. The topological polar surface area (TPSA) is 66.0 Å². The summed E-state index contributed by atoms with van der Waals surface area (Å²) in [7, 11) is 3.44. The van der Waals surface area contributed by atoms with E-state index in [9.17, 15) is 4.79 Å². The molecule has 1 heterocycles. The summed E-state index contributed by atoms with van der Waals surface area (Å²) in [6, 6.07) is 14.3. The lowest BCUT2D eigenvalue weighted by molar-refractivity contribution is -0.118. The van der Waals surface area contributed by atoms with Gasteiger partial charge >= 0.3 is 0 Å². The van der Waals surface area contributed by atoms with Crippen LogP contribution in [0.5, 0.6) is 5.75 Å². The highest BCUT2D eigenvalue weighted by Crippen LogP contribution is 2.28. The summed E-state index contributed by atoms with van der Waals surface area (Å²) in [4.78, 5) is 18.9. The van der Waals surface area contributed by atoms with E-state index in [2.05, 4.69) is 41.6 Å². The Morgan fingerprint density at radius 2 is 2.07 bits per heavy atom. The lowest BCUT2D eigenvalue weighted by Gasteiger charge is -2.21. The Hall–Kier alpha value is -3.02. The number of hydrogen-bond donors (Lipinski definition) is 2. The second-order valence-electron chi connectivity index (χ2n) is 7.64. The largest absolute Gasteiger partial charge is 0.496 e. The van der Waals surface area contributed by atoms with Crippen LogP contribution in [0.4, 0.5) is 5.69 Å². The van der Waals surface area contributed by atoms with Crippen molar-refractivity contribution < 1.29 is 9.53 Å². The van der Waals surface area contributed by atoms with Crippen LogP contribution in [0.3, 0.4) is 0 Å². The molecule has 0 aromatic heterocycles. The second-order valence-corrected chi connectivity index (χ2v) is 7.64. The maximum atomic E-state index is 12.6. The average molecular weight is 409 g/mol. The number of anilines is 1. The van der Waals surface area contributed by atoms with Gasteiger partial charge in [0.1, 0.15) is 5.75 Å². The monoisotopic (exact) mass is 408 g/mol. The van der Waals surface area contributed by atoms with Crippen LogP contribution in [0, 0.1) is 6.92 Å². The number of fused-ring (bicyclic) bond motifs is 1. The van der Waals surface area contributed by atoms with Gasteiger partial charge in [0.15, 0.2) is 5.96 Å². The smallest absolute Gasteiger partial charge is 0.227 e. The third kappa shape index (κ3) is 5.12. The first-order chi connectivity index (χ1) is 14.5. The van der Waals surface area contributed by atoms with Gasteiger partial charge in [-0.25, -0.2) is 0 Å². The number of carbonyl (C=O) groups is 1. The van der Waals surface area contributed by atoms with Gasteiger partial charge in [0.2, 0.25) is 5.91 Å². The highest BCUT2D eigenvalue weighted by Gasteiger charge is 2.23. The molecule has 6 nitrogen and oxygen atoms in total. The van der Waals surface area contributed by atoms with Gasteiger partial charge in [0.05, 0.1) is 13.2 Å². The molecule has 0 fully saturated rings. The zero-order valence-corrected chi connectivity index (χ0v) is 18.4. The molecule has 2 aromatic carbocycles. The molecule has 0 aliphatic carbocycles. The zero-order valence-electron chi connectivity index (χ0n) is 18.4. The summed E-state index contributed by atoms with van der Waals surface area (Å²) in [5.41, 5.74) is 4.59. The van der Waals surface area contributed by atoms with Crippen molar-refractivity contribution in [1.82, 2.24) is 10.6 Å². The van der Waals surface area contributed by atoms with Crippen LogP contribution in [-0.2, 0) is 11.2 Å². The molecule has 0 saturated heterocycles. The fourth-order valence-electron chi connectivity index (χ4n) is 3.85. The molecule has 0 spiro atoms. The predicted octanol–water partition coefficient (Wildman–Crippen LogP) is 3.60. The van der Waals surface area contributed by atoms with E-state index in [4.69, 9.17) is 4.74 Å². The molecule has 1 aliphatic rings. The van der Waals surface area contributed by atoms with Crippen LogP contribution >= 0.6 is 0 Å². The Kier molecular flexibility index (Phi) is 7.33. The number of carbonyl (C=O) groups excluding carboxylic acids is 1. The first kappa shape index (κ1) is 21.7. The van der Waals surface area contributed by atoms with E-state index >= 15 is 0 Å². The van der Waals surface area contributed by atoms with Crippen LogP contribution in [0.15, 0.2) is 47.5 Å². The molecule has 3 rings (SSSR count). The molecular formula is C24H32N4O2. The van der Waals surface area contributed by atoms with Crippen molar-refractivity contribution in [2.75, 3.05) is 32.1 Å². The predicted molar refractivity (Wildman–Crippen MR) is 122 cm³/mol. The standard InChI is InChI=1S/C24H32N4O2/c1-17-11-12-22(30-4)20(16-17)18(2)27-24(25-3)26-14-7-10-23(29)28-15-13-19-8-5-6-9-21(19)28/h5-6,8-9,11-12,16,18H,7,10,13-15H2,1-4H3,(H2,25,26,27). The molecule has 1 unspecified atom stereocenters. The van der Waals surface area contributed by atoms with Crippen molar-refractivity contribution in [3.05, 3.63) is 59.2 Å². The number of nitrogens with zero attached hydrogens (tertiary/aromatic N) is 2. The van der Waals surface area contributed by atoms with Crippen molar-refractivity contribution in [3.8, 4) is 5.75 Å². The van der Waals surface area contributed by atoms with Gasteiger partial charge in [0.25, 0.3) is 0 Å². The average Bonchev–Trinajstić information content (AvgIpc) is 3.19. The number of aliphatic imine (C=N–C) groups is 1. The van der Waals surface area contributed by atoms with Crippen molar-refractivity contribution >= 4 is 17.6 Å². The maximum absolute atomic E-state index is 12.6. The van der Waals surface area contributed by atoms with Crippen LogP contribution in [0.2, 0.25) is 0 Å². The molecule has 2 N–H and O–H groups in total. The zero-order chi connectivity index (χ0) is 21.5. The minimum atomic E-state index is 0.0359. The van der Waals surface area contributed by atoms with Gasteiger partial charge in [-0.3, -0.25) is 9.79 Å². The molecule has 1 aliphatic heterocycles. The summed E-state index contributed by atoms with van der Waals surface area (Å²) >= 11 is 0. The molecule has 2 aromatic rings. The third-order valence-corrected chi connectivity index (χ3v) is 5.48. The number of aryl methyl sites for hydroxylation is 1. The lowest BCUT2D eigenvalue weighted by Crippen LogP contribution is -2.39. The SMILES string of the molecule is CN=C(NCCCC(=O)N1CCc2ccccc21)NC(C)c1cc(C)ccc1OC. The number of ether oxygens (including phenoxy) is 1. The molecule has 6 heteroatoms. The highest BCUT2D eigenvalue weighted by atomic mass is 16.5. The van der Waals surface area contributed by atoms with Crippen LogP contribution in [0.25, 0.3) is 0 Å². The molecule has 30 heavy (non-hydrogen) atoms. The van der Waals surface area contributed by atoms with E-state index in [-0.39, 0.29) is 11.9 Å². The van der Waals surface area contributed by atoms with E-state index in [1.807, 2.05) is 35.2 Å². The molecule has 0 saturated carbocycles. The molecule has 0 radical (unpaired) electrons. The minimum Gasteiger partial charge on any atom is -0.496 e. The number of benzene rings is 2. The van der Waals surface area contributed by atoms with Gasteiger partial charge in [-0.15, -0.1) is 0 Å². The van der Waals surface area contributed by atoms with Crippen molar-refractivity contribution in [1.29, 1.82) is 0 Å². The lowest BCUT2D eigenvalue weighted by atomic mass is 10.0. The summed E-state index contributed by atoms with van der Waals surface area (Å²) in [6.07, 6.45) is 2.21. The first-order valence-electron chi connectivity index (χ1n) is 10.5. The maximum Gasteiger partial charge on any atom is 0.227 e. The fourth-order valence-corrected chi connectivity index (χ4v) is 3.85. The van der Waals surface area contributed by atoms with E-state index in [1.54, 1.807) is 14.2 Å². The summed E-state index contributed by atoms with van der Waals surface area (Å²) < 4.78 is 5.49. The Bertz CT molecular complexity index is 910. The number of rotatable bonds is 7. The quantitative estimate of drug-likeness (QED) is 0.417. The normalized spacial score (nSPS) is 14.3. The summed E-state index contributed by atoms with van der Waals surface area (Å²) in [5, 5.41) is 6.72. The Labute approximate surface area is 179 Å². The number of para-hydroxylation sites is 1. The fraction of sp³-hybridized carbons (Fsp3) is 0.417. The summed E-state index contributed by atoms with van der Waals surface area (Å²) in [5.74, 6) is 1.75. The van der Waals surface area contributed by atoms with Crippen LogP contribution in [-0.4, -0.2) is 39.1 Å². The van der Waals surface area contributed by atoms with Crippen molar-refractivity contribution in [3.63, 3.8) is 0 Å². The van der Waals surface area contributed by atoms with Gasteiger partial charge in [0, 0.05) is 37.8 Å². The second kappa shape index (κ2) is 10.1. The summed E-state index contributed by atoms with van der Waals surface area (Å²) in [6.45, 7) is 5.61. The molecular weight excluding hydrogens is 376 g/mol. The Morgan fingerprint density at radius 1 is 1.27 bits per heavy atom. The van der Waals surface area contributed by atoms with Gasteiger partial charge < -0.3 is 20.3 Å². The first-order valence-corrected chi connectivity index (χ1v) is 10.5. The van der Waals surface area contributed by atoms with E-state index in [0.29, 0.717) is 18.9 Å². The highest BCUT2D eigenvalue weighted by molar-refractivity contribution is 5.95. The molecule has 1 amide bonds. The molecule has 1 atom stereocenters. The van der Waals surface area contributed by atoms with Crippen LogP contribution < -0.4 is 20.3 Å².